The Morgan fingerprint density at radius 1 is 1.20 bits per heavy atom. The van der Waals surface area contributed by atoms with Gasteiger partial charge in [0.15, 0.2) is 0 Å². The van der Waals surface area contributed by atoms with Crippen LogP contribution in [0.5, 0.6) is 0 Å². The van der Waals surface area contributed by atoms with E-state index < -0.39 is 17.5 Å². The van der Waals surface area contributed by atoms with Gasteiger partial charge >= 0.3 is 0 Å². The number of hydrogen-bond donors (Lipinski definition) is 2. The topological polar surface area (TPSA) is 29.1 Å². The average Bonchev–Trinajstić information content (AvgIpc) is 2.38. The highest BCUT2D eigenvalue weighted by atomic mass is 79.9. The van der Waals surface area contributed by atoms with E-state index in [0.29, 0.717) is 4.90 Å². The lowest BCUT2D eigenvalue weighted by Crippen LogP contribution is -2.14. The van der Waals surface area contributed by atoms with Gasteiger partial charge in [-0.3, -0.25) is 4.79 Å². The maximum Gasteiger partial charge on any atom is 0.257 e. The van der Waals surface area contributed by atoms with Gasteiger partial charge in [0.25, 0.3) is 5.91 Å². The number of halogens is 4. The van der Waals surface area contributed by atoms with Crippen molar-refractivity contribution in [3.63, 3.8) is 0 Å². The molecule has 0 heterocycles. The van der Waals surface area contributed by atoms with Crippen molar-refractivity contribution >= 4 is 51.8 Å². The summed E-state index contributed by atoms with van der Waals surface area (Å²) in [6, 6.07) is 6.37. The summed E-state index contributed by atoms with van der Waals surface area (Å²) in [6.07, 6.45) is 0. The monoisotopic (exact) mass is 377 g/mol. The van der Waals surface area contributed by atoms with E-state index in [-0.39, 0.29) is 20.7 Å². The van der Waals surface area contributed by atoms with E-state index in [1.54, 1.807) is 6.07 Å². The van der Waals surface area contributed by atoms with Gasteiger partial charge in [-0.15, -0.1) is 12.6 Å². The van der Waals surface area contributed by atoms with E-state index in [4.69, 9.17) is 11.6 Å². The van der Waals surface area contributed by atoms with E-state index >= 15 is 0 Å². The second kappa shape index (κ2) is 6.11. The molecule has 2 aromatic carbocycles. The predicted octanol–water partition coefficient (Wildman–Crippen LogP) is 4.92. The molecule has 0 fully saturated rings. The number of carbonyl (C=O) groups excluding carboxylic acids is 1. The fourth-order valence-electron chi connectivity index (χ4n) is 1.50. The van der Waals surface area contributed by atoms with Crippen LogP contribution in [0.1, 0.15) is 10.4 Å². The number of anilines is 1. The molecule has 0 saturated heterocycles. The van der Waals surface area contributed by atoms with Crippen LogP contribution in [-0.2, 0) is 0 Å². The third-order valence-electron chi connectivity index (χ3n) is 2.45. The summed E-state index contributed by atoms with van der Waals surface area (Å²) in [6.45, 7) is 0. The smallest absolute Gasteiger partial charge is 0.257 e. The Morgan fingerprint density at radius 2 is 1.90 bits per heavy atom. The van der Waals surface area contributed by atoms with Crippen LogP contribution in [0.15, 0.2) is 39.7 Å². The van der Waals surface area contributed by atoms with E-state index in [2.05, 4.69) is 33.9 Å². The molecule has 0 aliphatic heterocycles. The van der Waals surface area contributed by atoms with Gasteiger partial charge in [0, 0.05) is 11.0 Å². The van der Waals surface area contributed by atoms with Gasteiger partial charge in [-0.25, -0.2) is 8.78 Å². The molecule has 2 nitrogen and oxygen atoms in total. The average molecular weight is 379 g/mol. The third-order valence-corrected chi connectivity index (χ3v) is 3.67. The first-order valence-electron chi connectivity index (χ1n) is 5.33. The van der Waals surface area contributed by atoms with E-state index in [1.165, 1.54) is 12.1 Å². The van der Waals surface area contributed by atoms with Crippen molar-refractivity contribution in [3.8, 4) is 0 Å². The SMILES string of the molecule is O=C(Nc1cc(F)c(Br)cc1F)c1cc(S)ccc1Cl. The molecule has 0 saturated carbocycles. The molecule has 0 unspecified atom stereocenters. The molecular formula is C13H7BrClF2NOS. The summed E-state index contributed by atoms with van der Waals surface area (Å²) >= 11 is 12.8. The molecule has 1 amide bonds. The first-order valence-corrected chi connectivity index (χ1v) is 6.94. The minimum absolute atomic E-state index is 0.0246. The van der Waals surface area contributed by atoms with Crippen molar-refractivity contribution in [1.82, 2.24) is 0 Å². The third kappa shape index (κ3) is 3.31. The molecule has 0 radical (unpaired) electrons. The van der Waals surface area contributed by atoms with Crippen LogP contribution in [0.25, 0.3) is 0 Å². The summed E-state index contributed by atoms with van der Waals surface area (Å²) in [5.74, 6) is -2.09. The molecule has 0 aromatic heterocycles. The fraction of sp³-hybridized carbons (Fsp3) is 0. The van der Waals surface area contributed by atoms with Crippen LogP contribution < -0.4 is 5.32 Å². The lowest BCUT2D eigenvalue weighted by molar-refractivity contribution is 0.102. The molecule has 20 heavy (non-hydrogen) atoms. The maximum atomic E-state index is 13.6. The molecule has 0 spiro atoms. The highest BCUT2D eigenvalue weighted by Gasteiger charge is 2.15. The lowest BCUT2D eigenvalue weighted by Gasteiger charge is -2.09. The quantitative estimate of drug-likeness (QED) is 0.563. The molecule has 7 heteroatoms. The Balaban J connectivity index is 2.32. The van der Waals surface area contributed by atoms with Crippen LogP contribution in [0, 0.1) is 11.6 Å². The number of thiol groups is 1. The lowest BCUT2D eigenvalue weighted by atomic mass is 10.2. The van der Waals surface area contributed by atoms with E-state index in [0.717, 1.165) is 12.1 Å². The minimum Gasteiger partial charge on any atom is -0.319 e. The number of nitrogens with one attached hydrogen (secondary N) is 1. The largest absolute Gasteiger partial charge is 0.319 e. The van der Waals surface area contributed by atoms with Gasteiger partial charge in [0.1, 0.15) is 11.6 Å². The first-order chi connectivity index (χ1) is 9.38. The van der Waals surface area contributed by atoms with Crippen LogP contribution in [-0.4, -0.2) is 5.91 Å². The maximum absolute atomic E-state index is 13.6. The van der Waals surface area contributed by atoms with Gasteiger partial charge in [-0.05, 0) is 40.2 Å². The summed E-state index contributed by atoms with van der Waals surface area (Å²) < 4.78 is 27.0. The molecular weight excluding hydrogens is 372 g/mol. The van der Waals surface area contributed by atoms with Crippen molar-refractivity contribution in [2.24, 2.45) is 0 Å². The second-order valence-electron chi connectivity index (χ2n) is 3.86. The van der Waals surface area contributed by atoms with Gasteiger partial charge in [-0.1, -0.05) is 11.6 Å². The molecule has 2 rings (SSSR count). The normalized spacial score (nSPS) is 10.4. The molecule has 0 atom stereocenters. The van der Waals surface area contributed by atoms with Gasteiger partial charge in [0.05, 0.1) is 20.7 Å². The predicted molar refractivity (Wildman–Crippen MR) is 80.7 cm³/mol. The molecule has 2 aromatic rings. The highest BCUT2D eigenvalue weighted by Crippen LogP contribution is 2.25. The Bertz CT molecular complexity index is 696. The van der Waals surface area contributed by atoms with E-state index in [1.807, 2.05) is 0 Å². The second-order valence-corrected chi connectivity index (χ2v) is 5.64. The Hall–Kier alpha value is -1.11. The van der Waals surface area contributed by atoms with Crippen LogP contribution in [0.3, 0.4) is 0 Å². The highest BCUT2D eigenvalue weighted by molar-refractivity contribution is 9.10. The molecule has 1 N–H and O–H groups in total. The zero-order valence-electron chi connectivity index (χ0n) is 9.75. The number of carbonyl (C=O) groups is 1. The molecule has 0 aliphatic rings. The van der Waals surface area contributed by atoms with Crippen molar-refractivity contribution in [1.29, 1.82) is 0 Å². The van der Waals surface area contributed by atoms with Crippen LogP contribution in [0.2, 0.25) is 5.02 Å². The van der Waals surface area contributed by atoms with Crippen molar-refractivity contribution in [3.05, 3.63) is 57.0 Å². The molecule has 0 bridgehead atoms. The minimum atomic E-state index is -0.759. The van der Waals surface area contributed by atoms with Gasteiger partial charge in [0.2, 0.25) is 0 Å². The zero-order valence-corrected chi connectivity index (χ0v) is 13.0. The summed E-state index contributed by atoms with van der Waals surface area (Å²) in [4.78, 5) is 12.5. The number of hydrogen-bond acceptors (Lipinski definition) is 2. The summed E-state index contributed by atoms with van der Waals surface area (Å²) in [5, 5.41) is 2.46. The summed E-state index contributed by atoms with van der Waals surface area (Å²) in [5.41, 5.74) is -0.141. The van der Waals surface area contributed by atoms with Gasteiger partial charge < -0.3 is 5.32 Å². The Labute approximate surface area is 132 Å². The van der Waals surface area contributed by atoms with Gasteiger partial charge in [-0.2, -0.15) is 0 Å². The first kappa shape index (κ1) is 15.3. The number of benzene rings is 2. The van der Waals surface area contributed by atoms with Crippen molar-refractivity contribution < 1.29 is 13.6 Å². The van der Waals surface area contributed by atoms with Crippen LogP contribution >= 0.6 is 40.2 Å². The molecule has 104 valence electrons. The Morgan fingerprint density at radius 3 is 2.60 bits per heavy atom. The van der Waals surface area contributed by atoms with E-state index in [9.17, 15) is 13.6 Å². The standard InChI is InChI=1S/C13H7BrClF2NOS/c14-8-4-11(17)12(5-10(8)16)18-13(19)7-3-6(20)1-2-9(7)15/h1-5,20H,(H,18,19). The van der Waals surface area contributed by atoms with Crippen molar-refractivity contribution in [2.45, 2.75) is 4.90 Å². The summed E-state index contributed by atoms with van der Waals surface area (Å²) in [7, 11) is 0. The zero-order chi connectivity index (χ0) is 14.9. The molecule has 0 aliphatic carbocycles. The number of amides is 1. The van der Waals surface area contributed by atoms with Crippen molar-refractivity contribution in [2.75, 3.05) is 5.32 Å². The number of rotatable bonds is 2. The van der Waals surface area contributed by atoms with Crippen LogP contribution in [0.4, 0.5) is 14.5 Å². The Kier molecular flexibility index (Phi) is 4.67. The fourth-order valence-corrected chi connectivity index (χ4v) is 2.22.